The summed E-state index contributed by atoms with van der Waals surface area (Å²) in [5, 5.41) is 8.58. The lowest BCUT2D eigenvalue weighted by molar-refractivity contribution is -0.125. The molecule has 0 N–H and O–H groups in total. The Kier molecular flexibility index (Phi) is 2.86. The minimum Gasteiger partial charge on any atom is -0.298 e. The summed E-state index contributed by atoms with van der Waals surface area (Å²) in [7, 11) is 0. The second kappa shape index (κ2) is 3.71. The zero-order valence-corrected chi connectivity index (χ0v) is 7.71. The van der Waals surface area contributed by atoms with Crippen LogP contribution in [0.4, 0.5) is 0 Å². The highest BCUT2D eigenvalue weighted by Crippen LogP contribution is 2.33. The van der Waals surface area contributed by atoms with E-state index in [1.807, 2.05) is 6.07 Å². The Hall–Kier alpha value is -0.840. The molecule has 0 saturated heterocycles. The minimum atomic E-state index is -0.407. The fourth-order valence-electron chi connectivity index (χ4n) is 1.95. The SMILES string of the molecule is CC(C#N)C(=O)C1CCCC1C. The maximum atomic E-state index is 11.6. The smallest absolute Gasteiger partial charge is 0.153 e. The van der Waals surface area contributed by atoms with Crippen molar-refractivity contribution in [3.05, 3.63) is 0 Å². The number of hydrogen-bond donors (Lipinski definition) is 0. The van der Waals surface area contributed by atoms with Gasteiger partial charge in [0.2, 0.25) is 0 Å². The van der Waals surface area contributed by atoms with Crippen LogP contribution in [0.3, 0.4) is 0 Å². The summed E-state index contributed by atoms with van der Waals surface area (Å²) in [5.41, 5.74) is 0. The van der Waals surface area contributed by atoms with Crippen molar-refractivity contribution in [3.8, 4) is 6.07 Å². The van der Waals surface area contributed by atoms with E-state index in [9.17, 15) is 4.79 Å². The van der Waals surface area contributed by atoms with Gasteiger partial charge in [0.1, 0.15) is 5.92 Å². The first-order valence-electron chi connectivity index (χ1n) is 4.60. The van der Waals surface area contributed by atoms with E-state index in [1.165, 1.54) is 0 Å². The van der Waals surface area contributed by atoms with Gasteiger partial charge in [0, 0.05) is 5.92 Å². The van der Waals surface area contributed by atoms with Crippen molar-refractivity contribution in [1.82, 2.24) is 0 Å². The first-order chi connectivity index (χ1) is 5.66. The van der Waals surface area contributed by atoms with E-state index in [-0.39, 0.29) is 11.7 Å². The third-order valence-electron chi connectivity index (χ3n) is 2.85. The van der Waals surface area contributed by atoms with Crippen LogP contribution in [-0.2, 0) is 4.79 Å². The molecule has 1 aliphatic rings. The van der Waals surface area contributed by atoms with E-state index < -0.39 is 5.92 Å². The summed E-state index contributed by atoms with van der Waals surface area (Å²) in [6, 6.07) is 2.01. The Balaban J connectivity index is 2.59. The molecule has 2 nitrogen and oxygen atoms in total. The van der Waals surface area contributed by atoms with Gasteiger partial charge >= 0.3 is 0 Å². The Morgan fingerprint density at radius 2 is 2.25 bits per heavy atom. The molecule has 1 aliphatic carbocycles. The third-order valence-corrected chi connectivity index (χ3v) is 2.85. The highest BCUT2D eigenvalue weighted by molar-refractivity contribution is 5.85. The molecule has 12 heavy (non-hydrogen) atoms. The monoisotopic (exact) mass is 165 g/mol. The van der Waals surface area contributed by atoms with Crippen LogP contribution in [0.1, 0.15) is 33.1 Å². The van der Waals surface area contributed by atoms with E-state index in [2.05, 4.69) is 6.92 Å². The van der Waals surface area contributed by atoms with Crippen molar-refractivity contribution in [2.45, 2.75) is 33.1 Å². The van der Waals surface area contributed by atoms with Crippen molar-refractivity contribution < 1.29 is 4.79 Å². The van der Waals surface area contributed by atoms with Crippen LogP contribution in [0.2, 0.25) is 0 Å². The number of carbonyl (C=O) groups excluding carboxylic acids is 1. The summed E-state index contributed by atoms with van der Waals surface area (Å²) in [6.45, 7) is 3.81. The minimum absolute atomic E-state index is 0.155. The normalized spacial score (nSPS) is 31.1. The molecule has 0 bridgehead atoms. The molecule has 0 aromatic rings. The van der Waals surface area contributed by atoms with Crippen molar-refractivity contribution in [2.75, 3.05) is 0 Å². The summed E-state index contributed by atoms with van der Waals surface area (Å²) in [6.07, 6.45) is 3.29. The van der Waals surface area contributed by atoms with E-state index >= 15 is 0 Å². The Labute approximate surface area is 73.6 Å². The lowest BCUT2D eigenvalue weighted by Crippen LogP contribution is -2.22. The van der Waals surface area contributed by atoms with Crippen molar-refractivity contribution >= 4 is 5.78 Å². The number of rotatable bonds is 2. The number of Topliss-reactive ketones (excluding diaryl/α,β-unsaturated/α-hetero) is 1. The molecule has 0 aliphatic heterocycles. The maximum Gasteiger partial charge on any atom is 0.153 e. The quantitative estimate of drug-likeness (QED) is 0.629. The van der Waals surface area contributed by atoms with Gasteiger partial charge in [-0.3, -0.25) is 4.79 Å². The van der Waals surface area contributed by atoms with E-state index in [4.69, 9.17) is 5.26 Å². The predicted octanol–water partition coefficient (Wildman–Crippen LogP) is 2.15. The second-order valence-electron chi connectivity index (χ2n) is 3.77. The van der Waals surface area contributed by atoms with Gasteiger partial charge in [-0.05, 0) is 25.7 Å². The fourth-order valence-corrected chi connectivity index (χ4v) is 1.95. The Bertz CT molecular complexity index is 216. The number of nitrogens with zero attached hydrogens (tertiary/aromatic N) is 1. The molecular formula is C10H15NO. The lowest BCUT2D eigenvalue weighted by atomic mass is 9.88. The molecule has 3 unspecified atom stereocenters. The van der Waals surface area contributed by atoms with E-state index in [1.54, 1.807) is 6.92 Å². The van der Waals surface area contributed by atoms with Crippen molar-refractivity contribution in [3.63, 3.8) is 0 Å². The maximum absolute atomic E-state index is 11.6. The van der Waals surface area contributed by atoms with Crippen LogP contribution < -0.4 is 0 Å². The molecule has 0 heterocycles. The molecule has 0 spiro atoms. The zero-order chi connectivity index (χ0) is 9.14. The number of nitriles is 1. The van der Waals surface area contributed by atoms with Crippen LogP contribution >= 0.6 is 0 Å². The van der Waals surface area contributed by atoms with Gasteiger partial charge in [-0.25, -0.2) is 0 Å². The topological polar surface area (TPSA) is 40.9 Å². The van der Waals surface area contributed by atoms with Crippen LogP contribution in [0.15, 0.2) is 0 Å². The Morgan fingerprint density at radius 1 is 1.58 bits per heavy atom. The summed E-state index contributed by atoms with van der Waals surface area (Å²) >= 11 is 0. The molecule has 0 radical (unpaired) electrons. The first kappa shape index (κ1) is 9.25. The van der Waals surface area contributed by atoms with Crippen LogP contribution in [0.5, 0.6) is 0 Å². The van der Waals surface area contributed by atoms with Crippen LogP contribution in [-0.4, -0.2) is 5.78 Å². The fraction of sp³-hybridized carbons (Fsp3) is 0.800. The zero-order valence-electron chi connectivity index (χ0n) is 7.71. The van der Waals surface area contributed by atoms with Crippen molar-refractivity contribution in [1.29, 1.82) is 5.26 Å². The van der Waals surface area contributed by atoms with E-state index in [0.29, 0.717) is 5.92 Å². The van der Waals surface area contributed by atoms with Gasteiger partial charge in [-0.15, -0.1) is 0 Å². The number of carbonyl (C=O) groups is 1. The van der Waals surface area contributed by atoms with Crippen LogP contribution in [0.25, 0.3) is 0 Å². The number of ketones is 1. The van der Waals surface area contributed by atoms with Crippen LogP contribution in [0, 0.1) is 29.1 Å². The average molecular weight is 165 g/mol. The average Bonchev–Trinajstić information content (AvgIpc) is 2.48. The molecule has 3 atom stereocenters. The van der Waals surface area contributed by atoms with Gasteiger partial charge in [-0.1, -0.05) is 13.3 Å². The van der Waals surface area contributed by atoms with Gasteiger partial charge in [0.25, 0.3) is 0 Å². The van der Waals surface area contributed by atoms with Gasteiger partial charge < -0.3 is 0 Å². The molecule has 0 amide bonds. The molecule has 0 aromatic heterocycles. The second-order valence-corrected chi connectivity index (χ2v) is 3.77. The lowest BCUT2D eigenvalue weighted by Gasteiger charge is -2.14. The molecule has 1 saturated carbocycles. The molecule has 66 valence electrons. The van der Waals surface area contributed by atoms with Gasteiger partial charge in [0.15, 0.2) is 5.78 Å². The summed E-state index contributed by atoms with van der Waals surface area (Å²) in [5.74, 6) is 0.408. The van der Waals surface area contributed by atoms with E-state index in [0.717, 1.165) is 19.3 Å². The van der Waals surface area contributed by atoms with Gasteiger partial charge in [-0.2, -0.15) is 5.26 Å². The van der Waals surface area contributed by atoms with Crippen molar-refractivity contribution in [2.24, 2.45) is 17.8 Å². The molecule has 0 aromatic carbocycles. The molecular weight excluding hydrogens is 150 g/mol. The third kappa shape index (κ3) is 1.66. The molecule has 1 fully saturated rings. The largest absolute Gasteiger partial charge is 0.298 e. The predicted molar refractivity (Wildman–Crippen MR) is 46.3 cm³/mol. The first-order valence-corrected chi connectivity index (χ1v) is 4.60. The standard InChI is InChI=1S/C10H15NO/c1-7-4-3-5-9(7)10(12)8(2)6-11/h7-9H,3-5H2,1-2H3. The highest BCUT2D eigenvalue weighted by atomic mass is 16.1. The highest BCUT2D eigenvalue weighted by Gasteiger charge is 2.32. The summed E-state index contributed by atoms with van der Waals surface area (Å²) < 4.78 is 0. The molecule has 1 rings (SSSR count). The number of hydrogen-bond acceptors (Lipinski definition) is 2. The summed E-state index contributed by atoms with van der Waals surface area (Å²) in [4.78, 5) is 11.6. The van der Waals surface area contributed by atoms with Gasteiger partial charge in [0.05, 0.1) is 6.07 Å². The molecule has 2 heteroatoms. The Morgan fingerprint density at radius 3 is 2.67 bits per heavy atom.